The number of carbonyl (C=O) groups is 1. The second kappa shape index (κ2) is 4.92. The zero-order valence-corrected chi connectivity index (χ0v) is 12.2. The monoisotopic (exact) mass is 263 g/mol. The van der Waals surface area contributed by atoms with Crippen molar-refractivity contribution in [3.8, 4) is 0 Å². The maximum atomic E-state index is 11.2. The second-order valence-electron chi connectivity index (χ2n) is 7.05. The zero-order chi connectivity index (χ0) is 13.5. The summed E-state index contributed by atoms with van der Waals surface area (Å²) < 4.78 is 5.62. The first-order valence-corrected chi connectivity index (χ1v) is 7.79. The molecule has 4 aliphatic rings. The molecule has 0 aromatic rings. The number of amides is 1. The predicted molar refractivity (Wildman–Crippen MR) is 75.0 cm³/mol. The lowest BCUT2D eigenvalue weighted by molar-refractivity contribution is -0.115. The third-order valence-corrected chi connectivity index (χ3v) is 5.28. The molecule has 4 saturated carbocycles. The first kappa shape index (κ1) is 13.1. The minimum atomic E-state index is -0.131. The molecular weight excluding hydrogens is 238 g/mol. The van der Waals surface area contributed by atoms with Gasteiger partial charge in [0.05, 0.1) is 6.61 Å². The Kier molecular flexibility index (Phi) is 3.40. The Morgan fingerprint density at radius 1 is 1.16 bits per heavy atom. The van der Waals surface area contributed by atoms with E-state index >= 15 is 0 Å². The summed E-state index contributed by atoms with van der Waals surface area (Å²) in [6.45, 7) is 4.09. The molecule has 0 unspecified atom stereocenters. The van der Waals surface area contributed by atoms with E-state index in [9.17, 15) is 4.79 Å². The van der Waals surface area contributed by atoms with Gasteiger partial charge in [-0.1, -0.05) is 0 Å². The number of hydrogen-bond donors (Lipinski definition) is 0. The van der Waals surface area contributed by atoms with Gasteiger partial charge in [-0.2, -0.15) is 4.99 Å². The fraction of sp³-hybridized carbons (Fsp3) is 0.875. The van der Waals surface area contributed by atoms with Crippen molar-refractivity contribution in [2.75, 3.05) is 6.61 Å². The molecule has 0 spiro atoms. The normalized spacial score (nSPS) is 40.5. The number of aliphatic imine (C=N–C) groups is 1. The molecular formula is C16H25NO2. The van der Waals surface area contributed by atoms with E-state index in [0.29, 0.717) is 17.9 Å². The van der Waals surface area contributed by atoms with Crippen LogP contribution in [0.2, 0.25) is 0 Å². The van der Waals surface area contributed by atoms with E-state index < -0.39 is 0 Å². The summed E-state index contributed by atoms with van der Waals surface area (Å²) in [5.41, 5.74) is 0.401. The summed E-state index contributed by atoms with van der Waals surface area (Å²) in [7, 11) is 0. The third kappa shape index (κ3) is 2.70. The lowest BCUT2D eigenvalue weighted by Crippen LogP contribution is -2.47. The van der Waals surface area contributed by atoms with Gasteiger partial charge in [-0.25, -0.2) is 0 Å². The summed E-state index contributed by atoms with van der Waals surface area (Å²) in [6, 6.07) is 0. The summed E-state index contributed by atoms with van der Waals surface area (Å²) in [5, 5.41) is 0. The molecule has 106 valence electrons. The molecule has 0 aromatic carbocycles. The Labute approximate surface area is 115 Å². The van der Waals surface area contributed by atoms with E-state index in [1.165, 1.54) is 45.4 Å². The number of hydrogen-bond acceptors (Lipinski definition) is 2. The Balaban J connectivity index is 1.76. The number of nitrogens with zero attached hydrogens (tertiary/aromatic N) is 1. The molecule has 4 fully saturated rings. The van der Waals surface area contributed by atoms with Crippen molar-refractivity contribution >= 4 is 11.8 Å². The molecule has 0 radical (unpaired) electrons. The topological polar surface area (TPSA) is 38.7 Å². The third-order valence-electron chi connectivity index (χ3n) is 5.28. The lowest BCUT2D eigenvalue weighted by Gasteiger charge is -2.56. The Morgan fingerprint density at radius 3 is 2.11 bits per heavy atom. The zero-order valence-electron chi connectivity index (χ0n) is 12.2. The van der Waals surface area contributed by atoms with Crippen LogP contribution >= 0.6 is 0 Å². The molecule has 0 aromatic heterocycles. The van der Waals surface area contributed by atoms with Crippen LogP contribution in [0.4, 0.5) is 0 Å². The van der Waals surface area contributed by atoms with Crippen molar-refractivity contribution in [3.05, 3.63) is 0 Å². The molecule has 4 aliphatic carbocycles. The van der Waals surface area contributed by atoms with Crippen LogP contribution in [0.15, 0.2) is 4.99 Å². The fourth-order valence-electron chi connectivity index (χ4n) is 5.29. The molecule has 4 rings (SSSR count). The maximum Gasteiger partial charge on any atom is 0.245 e. The standard InChI is InChI=1S/C16H25NO2/c1-3-19-15(17-11(2)18)10-16-7-12-4-13(8-16)6-14(5-12)9-16/h12-14H,3-10H2,1-2H3. The van der Waals surface area contributed by atoms with Gasteiger partial charge >= 0.3 is 0 Å². The molecule has 3 heteroatoms. The predicted octanol–water partition coefficient (Wildman–Crippen LogP) is 3.57. The second-order valence-corrected chi connectivity index (χ2v) is 7.05. The molecule has 0 heterocycles. The van der Waals surface area contributed by atoms with Crippen LogP contribution in [0.1, 0.15) is 58.8 Å². The van der Waals surface area contributed by atoms with Crippen molar-refractivity contribution in [2.24, 2.45) is 28.2 Å². The number of ether oxygens (including phenoxy) is 1. The molecule has 4 bridgehead atoms. The van der Waals surface area contributed by atoms with Crippen molar-refractivity contribution in [1.82, 2.24) is 0 Å². The van der Waals surface area contributed by atoms with Crippen molar-refractivity contribution < 1.29 is 9.53 Å². The highest BCUT2D eigenvalue weighted by molar-refractivity contribution is 5.90. The van der Waals surface area contributed by atoms with Gasteiger partial charge < -0.3 is 4.74 Å². The van der Waals surface area contributed by atoms with E-state index in [1.54, 1.807) is 0 Å². The van der Waals surface area contributed by atoms with Crippen LogP contribution in [0.25, 0.3) is 0 Å². The van der Waals surface area contributed by atoms with E-state index in [4.69, 9.17) is 4.74 Å². The average Bonchev–Trinajstić information content (AvgIpc) is 2.25. The van der Waals surface area contributed by atoms with Gasteiger partial charge in [-0.05, 0) is 68.6 Å². The maximum absolute atomic E-state index is 11.2. The van der Waals surface area contributed by atoms with Crippen molar-refractivity contribution in [2.45, 2.75) is 58.8 Å². The molecule has 0 aliphatic heterocycles. The first-order valence-electron chi connectivity index (χ1n) is 7.79. The molecule has 0 N–H and O–H groups in total. The number of rotatable bonds is 3. The highest BCUT2D eigenvalue weighted by Crippen LogP contribution is 2.61. The fourth-order valence-corrected chi connectivity index (χ4v) is 5.29. The van der Waals surface area contributed by atoms with E-state index in [-0.39, 0.29) is 5.91 Å². The van der Waals surface area contributed by atoms with Crippen LogP contribution in [0.5, 0.6) is 0 Å². The Bertz CT molecular complexity index is 364. The molecule has 3 nitrogen and oxygen atoms in total. The Morgan fingerprint density at radius 2 is 1.68 bits per heavy atom. The minimum Gasteiger partial charge on any atom is -0.481 e. The van der Waals surface area contributed by atoms with Crippen LogP contribution in [0.3, 0.4) is 0 Å². The lowest BCUT2D eigenvalue weighted by atomic mass is 9.49. The quantitative estimate of drug-likeness (QED) is 0.576. The van der Waals surface area contributed by atoms with Crippen LogP contribution < -0.4 is 0 Å². The van der Waals surface area contributed by atoms with Gasteiger partial charge in [-0.15, -0.1) is 0 Å². The Hall–Kier alpha value is -0.860. The minimum absolute atomic E-state index is 0.131. The average molecular weight is 263 g/mol. The first-order chi connectivity index (χ1) is 9.08. The summed E-state index contributed by atoms with van der Waals surface area (Å²) in [6.07, 6.45) is 9.26. The van der Waals surface area contributed by atoms with Crippen molar-refractivity contribution in [3.63, 3.8) is 0 Å². The SMILES string of the molecule is CCOC(CC12CC3CC(CC(C3)C1)C2)=NC(C)=O. The van der Waals surface area contributed by atoms with E-state index in [1.807, 2.05) is 6.92 Å². The summed E-state index contributed by atoms with van der Waals surface area (Å²) in [4.78, 5) is 15.3. The molecule has 19 heavy (non-hydrogen) atoms. The van der Waals surface area contributed by atoms with Gasteiger partial charge in [0.15, 0.2) is 5.90 Å². The van der Waals surface area contributed by atoms with Gasteiger partial charge in [0.25, 0.3) is 0 Å². The molecule has 1 amide bonds. The molecule has 0 saturated heterocycles. The van der Waals surface area contributed by atoms with Crippen molar-refractivity contribution in [1.29, 1.82) is 0 Å². The molecule has 0 atom stereocenters. The highest BCUT2D eigenvalue weighted by atomic mass is 16.5. The van der Waals surface area contributed by atoms with Crippen LogP contribution in [-0.2, 0) is 9.53 Å². The van der Waals surface area contributed by atoms with Crippen LogP contribution in [0, 0.1) is 23.2 Å². The smallest absolute Gasteiger partial charge is 0.245 e. The van der Waals surface area contributed by atoms with Crippen LogP contribution in [-0.4, -0.2) is 18.4 Å². The van der Waals surface area contributed by atoms with Gasteiger partial charge in [-0.3, -0.25) is 4.79 Å². The highest BCUT2D eigenvalue weighted by Gasteiger charge is 2.51. The van der Waals surface area contributed by atoms with E-state index in [0.717, 1.165) is 24.2 Å². The van der Waals surface area contributed by atoms with Gasteiger partial charge in [0.1, 0.15) is 0 Å². The van der Waals surface area contributed by atoms with E-state index in [2.05, 4.69) is 4.99 Å². The van der Waals surface area contributed by atoms with Gasteiger partial charge in [0.2, 0.25) is 5.91 Å². The number of carbonyl (C=O) groups excluding carboxylic acids is 1. The summed E-state index contributed by atoms with van der Waals surface area (Å²) in [5.74, 6) is 3.37. The largest absolute Gasteiger partial charge is 0.481 e. The van der Waals surface area contributed by atoms with Gasteiger partial charge in [0, 0.05) is 13.3 Å². The summed E-state index contributed by atoms with van der Waals surface area (Å²) >= 11 is 0.